The molecular formula is C31H37FN6OS2. The number of hydrogen-bond acceptors (Lipinski definition) is 9. The van der Waals surface area contributed by atoms with Gasteiger partial charge in [0.1, 0.15) is 11.6 Å². The van der Waals surface area contributed by atoms with Gasteiger partial charge in [0, 0.05) is 61.8 Å². The smallest absolute Gasteiger partial charge is 0.227 e. The maximum atomic E-state index is 15.2. The zero-order valence-electron chi connectivity index (χ0n) is 24.3. The molecule has 41 heavy (non-hydrogen) atoms. The molecule has 5 rings (SSSR count). The summed E-state index contributed by atoms with van der Waals surface area (Å²) in [7, 11) is 1.67. The van der Waals surface area contributed by atoms with Crippen molar-refractivity contribution in [1.82, 2.24) is 19.9 Å². The topological polar surface area (TPSA) is 66.4 Å². The first kappa shape index (κ1) is 29.3. The first-order valence-electron chi connectivity index (χ1n) is 13.9. The van der Waals surface area contributed by atoms with Gasteiger partial charge in [-0.05, 0) is 61.2 Å². The SMILES string of the molecule is COc1cc(C)cc(-c2nc(C(C)C)sc2-c2ccnc(Nc3ccc(N4CCN(CCSC)CC4)c(F)c3)n2)c1. The Balaban J connectivity index is 1.37. The van der Waals surface area contributed by atoms with Crippen LogP contribution in [0.3, 0.4) is 0 Å². The Morgan fingerprint density at radius 1 is 1.07 bits per heavy atom. The predicted octanol–water partition coefficient (Wildman–Crippen LogP) is 7.08. The number of methoxy groups -OCH3 is 1. The van der Waals surface area contributed by atoms with Crippen molar-refractivity contribution in [3.05, 3.63) is 65.0 Å². The minimum absolute atomic E-state index is 0.247. The van der Waals surface area contributed by atoms with Crippen molar-refractivity contribution in [2.75, 3.05) is 62.1 Å². The number of hydrogen-bond donors (Lipinski definition) is 1. The lowest BCUT2D eigenvalue weighted by Crippen LogP contribution is -2.47. The number of rotatable bonds is 10. The number of thioether (sulfide) groups is 1. The molecule has 0 radical (unpaired) electrons. The standard InChI is InChI=1S/C31H37FN6OS2/c1-20(2)30-36-28(22-16-21(3)17-24(18-22)39-4)29(41-30)26-8-9-33-31(35-26)34-23-6-7-27(25(32)19-23)38-12-10-37(11-13-38)14-15-40-5/h6-9,16-20H,10-15H2,1-5H3,(H,33,34,35). The third kappa shape index (κ3) is 6.99. The number of nitrogens with zero attached hydrogens (tertiary/aromatic N) is 5. The van der Waals surface area contributed by atoms with Crippen molar-refractivity contribution in [1.29, 1.82) is 0 Å². The molecule has 1 aliphatic heterocycles. The summed E-state index contributed by atoms with van der Waals surface area (Å²) >= 11 is 3.49. The highest BCUT2D eigenvalue weighted by molar-refractivity contribution is 7.98. The van der Waals surface area contributed by atoms with E-state index in [0.29, 0.717) is 17.3 Å². The number of anilines is 3. The molecule has 1 saturated heterocycles. The molecule has 4 aromatic rings. The van der Waals surface area contributed by atoms with E-state index in [-0.39, 0.29) is 11.7 Å². The van der Waals surface area contributed by atoms with Gasteiger partial charge in [-0.3, -0.25) is 4.90 Å². The van der Waals surface area contributed by atoms with E-state index in [1.54, 1.807) is 24.6 Å². The minimum atomic E-state index is -0.247. The molecule has 0 spiro atoms. The number of aromatic nitrogens is 3. The number of ether oxygens (including phenoxy) is 1. The Morgan fingerprint density at radius 3 is 2.59 bits per heavy atom. The summed E-state index contributed by atoms with van der Waals surface area (Å²) in [5.41, 5.74) is 4.96. The number of thiazole rings is 1. The van der Waals surface area contributed by atoms with Gasteiger partial charge in [-0.25, -0.2) is 19.3 Å². The van der Waals surface area contributed by atoms with Crippen molar-refractivity contribution in [3.63, 3.8) is 0 Å². The monoisotopic (exact) mass is 592 g/mol. The number of nitrogens with one attached hydrogen (secondary N) is 1. The quantitative estimate of drug-likeness (QED) is 0.210. The maximum Gasteiger partial charge on any atom is 0.227 e. The van der Waals surface area contributed by atoms with Crippen molar-refractivity contribution in [3.8, 4) is 27.6 Å². The molecule has 0 amide bonds. The third-order valence-electron chi connectivity index (χ3n) is 7.11. The summed E-state index contributed by atoms with van der Waals surface area (Å²) in [6, 6.07) is 13.3. The zero-order valence-corrected chi connectivity index (χ0v) is 25.9. The van der Waals surface area contributed by atoms with Crippen LogP contribution >= 0.6 is 23.1 Å². The van der Waals surface area contributed by atoms with Crippen LogP contribution in [0.15, 0.2) is 48.7 Å². The van der Waals surface area contributed by atoms with Crippen LogP contribution in [0.5, 0.6) is 5.75 Å². The minimum Gasteiger partial charge on any atom is -0.497 e. The lowest BCUT2D eigenvalue weighted by molar-refractivity contribution is 0.272. The van der Waals surface area contributed by atoms with Crippen LogP contribution in [-0.4, -0.2) is 71.7 Å². The Bertz CT molecular complexity index is 1490. The van der Waals surface area contributed by atoms with Gasteiger partial charge in [0.05, 0.1) is 34.1 Å². The summed E-state index contributed by atoms with van der Waals surface area (Å²) in [6.07, 6.45) is 3.85. The van der Waals surface area contributed by atoms with Crippen molar-refractivity contribution in [2.24, 2.45) is 0 Å². The maximum absolute atomic E-state index is 15.2. The first-order valence-corrected chi connectivity index (χ1v) is 16.1. The molecule has 216 valence electrons. The number of aryl methyl sites for hydroxylation is 1. The van der Waals surface area contributed by atoms with Gasteiger partial charge >= 0.3 is 0 Å². The number of benzene rings is 2. The number of halogens is 1. The Morgan fingerprint density at radius 2 is 1.88 bits per heavy atom. The summed E-state index contributed by atoms with van der Waals surface area (Å²) < 4.78 is 20.8. The lowest BCUT2D eigenvalue weighted by Gasteiger charge is -2.36. The molecular weight excluding hydrogens is 556 g/mol. The van der Waals surface area contributed by atoms with Crippen LogP contribution in [0.1, 0.15) is 30.3 Å². The van der Waals surface area contributed by atoms with E-state index < -0.39 is 0 Å². The van der Waals surface area contributed by atoms with Gasteiger partial charge in [0.15, 0.2) is 0 Å². The molecule has 3 heterocycles. The second-order valence-electron chi connectivity index (χ2n) is 10.5. The van der Waals surface area contributed by atoms with Gasteiger partial charge < -0.3 is 15.0 Å². The Hall–Kier alpha value is -3.21. The fourth-order valence-electron chi connectivity index (χ4n) is 4.90. The van der Waals surface area contributed by atoms with Gasteiger partial charge in [-0.1, -0.05) is 13.8 Å². The van der Waals surface area contributed by atoms with Crippen LogP contribution in [-0.2, 0) is 0 Å². The molecule has 7 nitrogen and oxygen atoms in total. The van der Waals surface area contributed by atoms with Gasteiger partial charge in [0.2, 0.25) is 5.95 Å². The largest absolute Gasteiger partial charge is 0.497 e. The van der Waals surface area contributed by atoms with Crippen LogP contribution < -0.4 is 15.0 Å². The Labute approximate surface area is 250 Å². The van der Waals surface area contributed by atoms with E-state index in [1.807, 2.05) is 49.0 Å². The molecule has 1 fully saturated rings. The lowest BCUT2D eigenvalue weighted by atomic mass is 10.1. The summed E-state index contributed by atoms with van der Waals surface area (Å²) in [5, 5.41) is 4.24. The van der Waals surface area contributed by atoms with E-state index in [0.717, 1.165) is 76.6 Å². The third-order valence-corrected chi connectivity index (χ3v) is 9.08. The molecule has 0 unspecified atom stereocenters. The van der Waals surface area contributed by atoms with Crippen LogP contribution in [0.4, 0.5) is 21.7 Å². The molecule has 1 aliphatic rings. The average Bonchev–Trinajstić information content (AvgIpc) is 3.43. The van der Waals surface area contributed by atoms with E-state index in [1.165, 1.54) is 6.07 Å². The highest BCUT2D eigenvalue weighted by Crippen LogP contribution is 2.40. The molecule has 1 N–H and O–H groups in total. The fraction of sp³-hybridized carbons (Fsp3) is 0.387. The molecule has 10 heteroatoms. The zero-order chi connectivity index (χ0) is 28.9. The summed E-state index contributed by atoms with van der Waals surface area (Å²) in [4.78, 5) is 19.8. The second kappa shape index (κ2) is 13.2. The highest BCUT2D eigenvalue weighted by Gasteiger charge is 2.21. The van der Waals surface area contributed by atoms with E-state index >= 15 is 4.39 Å². The van der Waals surface area contributed by atoms with Crippen LogP contribution in [0.25, 0.3) is 21.8 Å². The van der Waals surface area contributed by atoms with Gasteiger partial charge in [-0.15, -0.1) is 11.3 Å². The molecule has 0 atom stereocenters. The molecule has 0 aliphatic carbocycles. The van der Waals surface area contributed by atoms with Gasteiger partial charge in [-0.2, -0.15) is 11.8 Å². The molecule has 0 bridgehead atoms. The average molecular weight is 593 g/mol. The van der Waals surface area contributed by atoms with E-state index in [9.17, 15) is 0 Å². The summed E-state index contributed by atoms with van der Waals surface area (Å²) in [5.74, 6) is 2.35. The van der Waals surface area contributed by atoms with Crippen molar-refractivity contribution >= 4 is 40.4 Å². The fourth-order valence-corrected chi connectivity index (χ4v) is 6.40. The molecule has 2 aromatic heterocycles. The first-order chi connectivity index (χ1) is 19.8. The summed E-state index contributed by atoms with van der Waals surface area (Å²) in [6.45, 7) is 11.0. The van der Waals surface area contributed by atoms with Gasteiger partial charge in [0.25, 0.3) is 0 Å². The molecule has 0 saturated carbocycles. The normalized spacial score (nSPS) is 14.1. The second-order valence-corrected chi connectivity index (χ2v) is 12.5. The highest BCUT2D eigenvalue weighted by atomic mass is 32.2. The Kier molecular flexibility index (Phi) is 9.42. The van der Waals surface area contributed by atoms with Crippen LogP contribution in [0.2, 0.25) is 0 Å². The van der Waals surface area contributed by atoms with Crippen molar-refractivity contribution in [2.45, 2.75) is 26.7 Å². The number of piperazine rings is 1. The van der Waals surface area contributed by atoms with Crippen LogP contribution in [0, 0.1) is 12.7 Å². The van der Waals surface area contributed by atoms with E-state index in [4.69, 9.17) is 14.7 Å². The predicted molar refractivity (Wildman–Crippen MR) is 171 cm³/mol. The molecule has 2 aromatic carbocycles. The van der Waals surface area contributed by atoms with E-state index in [2.05, 4.69) is 46.3 Å². The van der Waals surface area contributed by atoms with Crippen molar-refractivity contribution < 1.29 is 9.13 Å².